The second kappa shape index (κ2) is 21.2. The maximum atomic E-state index is 15.7. The summed E-state index contributed by atoms with van der Waals surface area (Å²) in [6, 6.07) is 51.4. The van der Waals surface area contributed by atoms with Gasteiger partial charge in [0.15, 0.2) is 11.2 Å². The van der Waals surface area contributed by atoms with E-state index in [1.165, 1.54) is 0 Å². The molecule has 0 N–H and O–H groups in total. The van der Waals surface area contributed by atoms with Crippen LogP contribution in [0.1, 0.15) is 88.8 Å². The Morgan fingerprint density at radius 2 is 0.508 bits per heavy atom. The van der Waals surface area contributed by atoms with Gasteiger partial charge in [0.25, 0.3) is 0 Å². The molecule has 0 radical (unpaired) electrons. The van der Waals surface area contributed by atoms with Crippen molar-refractivity contribution in [2.75, 3.05) is 72.0 Å². The fourth-order valence-electron chi connectivity index (χ4n) is 8.94. The van der Waals surface area contributed by atoms with Gasteiger partial charge in [-0.05, 0) is 137 Å². The molecule has 0 spiro atoms. The van der Waals surface area contributed by atoms with Crippen molar-refractivity contribution < 1.29 is 16.8 Å². The predicted octanol–water partition coefficient (Wildman–Crippen LogP) is 11.6. The van der Waals surface area contributed by atoms with Gasteiger partial charge in [0, 0.05) is 75.1 Å². The molecule has 0 fully saturated rings. The zero-order valence-electron chi connectivity index (χ0n) is 38.5. The maximum absolute atomic E-state index is 15.7. The third-order valence-electron chi connectivity index (χ3n) is 12.4. The van der Waals surface area contributed by atoms with Crippen LogP contribution in [0, 0.1) is 0 Å². The van der Waals surface area contributed by atoms with E-state index in [1.807, 2.05) is 158 Å². The number of hydrogen-bond acceptors (Lipinski definition) is 8. The van der Waals surface area contributed by atoms with E-state index in [-0.39, 0.29) is 0 Å². The Kier molecular flexibility index (Phi) is 15.8. The first kappa shape index (κ1) is 46.9. The highest BCUT2D eigenvalue weighted by Crippen LogP contribution is 2.47. The highest BCUT2D eigenvalue weighted by molar-refractivity contribution is 7.82. The topological polar surface area (TPSA) is 65.6 Å². The number of benzene rings is 6. The average molecular weight is 867 g/mol. The minimum atomic E-state index is -4.97. The highest BCUT2D eigenvalue weighted by atomic mass is 32.3. The standard InChI is InChI=1S/C54H66N4O4S/c1-9-55(10-2)49-35-27-45(28-36-49)53(43-23-19-17-20-24-43,46-29-37-50(38-30-46)56(11-3)12-4)61-63(59,60)62-54(44-25-21-18-22-26-44,47-31-39-51(40-32-47)57(13-5)14-6)48-33-41-52(42-34-48)58(15-7)16-8/h17-42H,9-16H2,1-8H3. The van der Waals surface area contributed by atoms with Gasteiger partial charge in [0.2, 0.25) is 0 Å². The normalized spacial score (nSPS) is 11.9. The Bertz CT molecular complexity index is 2120. The molecule has 0 aliphatic heterocycles. The lowest BCUT2D eigenvalue weighted by atomic mass is 9.80. The monoisotopic (exact) mass is 866 g/mol. The van der Waals surface area contributed by atoms with E-state index in [9.17, 15) is 0 Å². The van der Waals surface area contributed by atoms with Crippen LogP contribution in [0.5, 0.6) is 0 Å². The van der Waals surface area contributed by atoms with Crippen molar-refractivity contribution in [2.24, 2.45) is 0 Å². The van der Waals surface area contributed by atoms with Crippen molar-refractivity contribution in [3.05, 3.63) is 191 Å². The first-order valence-electron chi connectivity index (χ1n) is 22.8. The zero-order chi connectivity index (χ0) is 45.0. The second-order valence-electron chi connectivity index (χ2n) is 15.5. The van der Waals surface area contributed by atoms with E-state index in [0.717, 1.165) is 75.1 Å². The summed E-state index contributed by atoms with van der Waals surface area (Å²) in [6.45, 7) is 23.7. The van der Waals surface area contributed by atoms with Crippen molar-refractivity contribution in [1.82, 2.24) is 0 Å². The molecular weight excluding hydrogens is 801 g/mol. The van der Waals surface area contributed by atoms with E-state index >= 15 is 8.42 Å². The minimum absolute atomic E-state index is 0.640. The summed E-state index contributed by atoms with van der Waals surface area (Å²) in [5.74, 6) is 0. The number of rotatable bonds is 22. The molecule has 6 rings (SSSR count). The molecule has 0 aliphatic carbocycles. The Labute approximate surface area is 378 Å². The molecule has 6 aromatic carbocycles. The van der Waals surface area contributed by atoms with Crippen LogP contribution in [0.25, 0.3) is 0 Å². The molecule has 63 heavy (non-hydrogen) atoms. The predicted molar refractivity (Wildman–Crippen MR) is 264 cm³/mol. The van der Waals surface area contributed by atoms with Crippen LogP contribution in [-0.4, -0.2) is 60.8 Å². The molecule has 0 unspecified atom stereocenters. The van der Waals surface area contributed by atoms with Crippen LogP contribution in [0.15, 0.2) is 158 Å². The summed E-state index contributed by atoms with van der Waals surface area (Å²) in [5, 5.41) is 0. The van der Waals surface area contributed by atoms with Crippen LogP contribution in [-0.2, 0) is 30.0 Å². The van der Waals surface area contributed by atoms with Gasteiger partial charge in [0.1, 0.15) is 0 Å². The van der Waals surface area contributed by atoms with Crippen molar-refractivity contribution in [1.29, 1.82) is 0 Å². The second-order valence-corrected chi connectivity index (χ2v) is 16.7. The van der Waals surface area contributed by atoms with Crippen molar-refractivity contribution in [3.8, 4) is 0 Å². The van der Waals surface area contributed by atoms with Crippen molar-refractivity contribution in [3.63, 3.8) is 0 Å². The third-order valence-corrected chi connectivity index (χ3v) is 13.3. The molecule has 9 heteroatoms. The lowest BCUT2D eigenvalue weighted by Gasteiger charge is -2.39. The summed E-state index contributed by atoms with van der Waals surface area (Å²) < 4.78 is 45.2. The lowest BCUT2D eigenvalue weighted by Crippen LogP contribution is -2.41. The van der Waals surface area contributed by atoms with Gasteiger partial charge in [0.05, 0.1) is 0 Å². The van der Waals surface area contributed by atoms with Gasteiger partial charge in [-0.25, -0.2) is 8.37 Å². The van der Waals surface area contributed by atoms with Crippen LogP contribution >= 0.6 is 0 Å². The largest absolute Gasteiger partial charge is 0.402 e. The molecule has 0 atom stereocenters. The average Bonchev–Trinajstić information content (AvgIpc) is 3.33. The summed E-state index contributed by atoms with van der Waals surface area (Å²) in [7, 11) is -4.97. The van der Waals surface area contributed by atoms with Gasteiger partial charge in [-0.3, -0.25) is 0 Å². The molecule has 0 bridgehead atoms. The van der Waals surface area contributed by atoms with Gasteiger partial charge in [-0.15, -0.1) is 0 Å². The van der Waals surface area contributed by atoms with Crippen LogP contribution in [0.3, 0.4) is 0 Å². The van der Waals surface area contributed by atoms with Crippen molar-refractivity contribution >= 4 is 33.1 Å². The Hall–Kier alpha value is -5.61. The number of nitrogens with zero attached hydrogens (tertiary/aromatic N) is 4. The zero-order valence-corrected chi connectivity index (χ0v) is 39.3. The molecular formula is C54H66N4O4S. The Morgan fingerprint density at radius 3 is 0.698 bits per heavy atom. The summed E-state index contributed by atoms with van der Waals surface area (Å²) in [4.78, 5) is 9.05. The SMILES string of the molecule is CCN(CC)c1ccc(C(OS(=O)(=O)OC(c2ccccc2)(c2ccc(N(CC)CC)cc2)c2ccc(N(CC)CC)cc2)(c2ccccc2)c2ccc(N(CC)CC)cc2)cc1. The number of anilines is 4. The fraction of sp³-hybridized carbons (Fsp3) is 0.333. The third kappa shape index (κ3) is 9.81. The first-order chi connectivity index (χ1) is 30.6. The summed E-state index contributed by atoms with van der Waals surface area (Å²) >= 11 is 0. The van der Waals surface area contributed by atoms with Gasteiger partial charge in [-0.2, -0.15) is 8.42 Å². The molecule has 0 saturated carbocycles. The van der Waals surface area contributed by atoms with Crippen molar-refractivity contribution in [2.45, 2.75) is 66.6 Å². The minimum Gasteiger partial charge on any atom is -0.372 e. The molecule has 332 valence electrons. The highest BCUT2D eigenvalue weighted by Gasteiger charge is 2.48. The molecule has 0 aliphatic rings. The van der Waals surface area contributed by atoms with E-state index in [2.05, 4.69) is 75.0 Å². The Morgan fingerprint density at radius 1 is 0.317 bits per heavy atom. The van der Waals surface area contributed by atoms with Gasteiger partial charge < -0.3 is 19.6 Å². The van der Waals surface area contributed by atoms with E-state index in [1.54, 1.807) is 0 Å². The van der Waals surface area contributed by atoms with E-state index < -0.39 is 21.6 Å². The lowest BCUT2D eigenvalue weighted by molar-refractivity contribution is 0.0780. The van der Waals surface area contributed by atoms with Crippen LogP contribution in [0.2, 0.25) is 0 Å². The Balaban J connectivity index is 1.62. The van der Waals surface area contributed by atoms with Gasteiger partial charge >= 0.3 is 10.4 Å². The first-order valence-corrected chi connectivity index (χ1v) is 24.1. The molecule has 8 nitrogen and oxygen atoms in total. The quantitative estimate of drug-likeness (QED) is 0.0625. The van der Waals surface area contributed by atoms with Gasteiger partial charge in [-0.1, -0.05) is 109 Å². The molecule has 0 saturated heterocycles. The molecule has 0 aromatic heterocycles. The summed E-state index contributed by atoms with van der Waals surface area (Å²) in [6.07, 6.45) is 0. The maximum Gasteiger partial charge on any atom is 0.402 e. The van der Waals surface area contributed by atoms with Crippen LogP contribution < -0.4 is 19.6 Å². The summed E-state index contributed by atoms with van der Waals surface area (Å²) in [5.41, 5.74) is 4.66. The molecule has 6 aromatic rings. The number of hydrogen-bond donors (Lipinski definition) is 0. The fourth-order valence-corrected chi connectivity index (χ4v) is 10.2. The molecule has 0 amide bonds. The van der Waals surface area contributed by atoms with E-state index in [4.69, 9.17) is 8.37 Å². The van der Waals surface area contributed by atoms with E-state index in [0.29, 0.717) is 33.4 Å². The molecule has 0 heterocycles. The van der Waals surface area contributed by atoms with Crippen LogP contribution in [0.4, 0.5) is 22.7 Å². The smallest absolute Gasteiger partial charge is 0.372 e.